The number of fused-ring (bicyclic) bond motifs is 2. The number of amides is 4. The highest BCUT2D eigenvalue weighted by atomic mass is 79.9. The van der Waals surface area contributed by atoms with Gasteiger partial charge in [0.2, 0.25) is 11.8 Å². The van der Waals surface area contributed by atoms with Gasteiger partial charge in [-0.25, -0.2) is 23.3 Å². The molecule has 3 aliphatic heterocycles. The van der Waals surface area contributed by atoms with Crippen LogP contribution in [0.5, 0.6) is 11.5 Å². The molecular weight excluding hydrogens is 1200 g/mol. The molecule has 5 aliphatic rings. The smallest absolute Gasteiger partial charge is 0.268 e. The van der Waals surface area contributed by atoms with Crippen LogP contribution in [0.2, 0.25) is 5.02 Å². The van der Waals surface area contributed by atoms with Gasteiger partial charge in [-0.1, -0.05) is 59.1 Å². The number of nitrogens with zero attached hydrogens (tertiary/aromatic N) is 4. The maximum absolute atomic E-state index is 14.1. The second-order valence-electron chi connectivity index (χ2n) is 24.3. The molecule has 3 fully saturated rings. The number of allylic oxidation sites excluding steroid dienone is 1. The summed E-state index contributed by atoms with van der Waals surface area (Å²) in [5.41, 5.74) is 7.82. The van der Waals surface area contributed by atoms with E-state index in [0.29, 0.717) is 72.9 Å². The van der Waals surface area contributed by atoms with Gasteiger partial charge in [0.05, 0.1) is 22.3 Å². The van der Waals surface area contributed by atoms with E-state index in [1.54, 1.807) is 29.3 Å². The Kier molecular flexibility index (Phi) is 18.4. The molecule has 86 heavy (non-hydrogen) atoms. The Balaban J connectivity index is 0.678. The quantitative estimate of drug-likeness (QED) is 0.0202. The minimum absolute atomic E-state index is 0.0700. The number of hydrogen-bond acceptors (Lipinski definition) is 15. The van der Waals surface area contributed by atoms with Crippen molar-refractivity contribution < 1.29 is 42.8 Å². The van der Waals surface area contributed by atoms with Crippen molar-refractivity contribution in [3.8, 4) is 11.5 Å². The van der Waals surface area contributed by atoms with Crippen molar-refractivity contribution in [1.29, 1.82) is 0 Å². The van der Waals surface area contributed by atoms with Gasteiger partial charge in [-0.2, -0.15) is 5.23 Å². The third-order valence-electron chi connectivity index (χ3n) is 17.7. The molecular formula is C63H73BrClN11O9S. The van der Waals surface area contributed by atoms with Gasteiger partial charge in [0.15, 0.2) is 5.69 Å². The van der Waals surface area contributed by atoms with E-state index in [0.717, 1.165) is 98.2 Å². The van der Waals surface area contributed by atoms with E-state index in [1.165, 1.54) is 41.1 Å². The number of hydrogen-bond donors (Lipinski definition) is 8. The van der Waals surface area contributed by atoms with Gasteiger partial charge in [0, 0.05) is 122 Å². The van der Waals surface area contributed by atoms with E-state index in [9.17, 15) is 38.0 Å². The second kappa shape index (κ2) is 25.9. The molecule has 6 aromatic rings. The minimum atomic E-state index is -4.59. The van der Waals surface area contributed by atoms with E-state index in [1.807, 2.05) is 24.3 Å². The molecule has 20 nitrogen and oxygen atoms in total. The van der Waals surface area contributed by atoms with E-state index in [2.05, 4.69) is 101 Å². The first-order valence-corrected chi connectivity index (χ1v) is 32.2. The van der Waals surface area contributed by atoms with Gasteiger partial charge < -0.3 is 35.8 Å². The predicted octanol–water partition coefficient (Wildman–Crippen LogP) is 8.90. The Labute approximate surface area is 514 Å². The lowest BCUT2D eigenvalue weighted by molar-refractivity contribution is -0.990. The molecule has 2 aromatic heterocycles. The van der Waals surface area contributed by atoms with E-state index >= 15 is 0 Å². The molecule has 1 saturated carbocycles. The molecule has 2 unspecified atom stereocenters. The van der Waals surface area contributed by atoms with Gasteiger partial charge >= 0.3 is 0 Å². The molecule has 4 amide bonds. The highest BCUT2D eigenvalue weighted by Gasteiger charge is 2.41. The van der Waals surface area contributed by atoms with Crippen LogP contribution in [0.25, 0.3) is 16.6 Å². The number of ether oxygens (including phenoxy) is 1. The number of carbonyl (C=O) groups is 4. The molecule has 11 rings (SSSR count). The molecule has 2 aliphatic carbocycles. The lowest BCUT2D eigenvalue weighted by Crippen LogP contribution is -2.99. The predicted molar refractivity (Wildman–Crippen MR) is 333 cm³/mol. The lowest BCUT2D eigenvalue weighted by atomic mass is 9.72. The van der Waals surface area contributed by atoms with Crippen LogP contribution in [0.3, 0.4) is 0 Å². The van der Waals surface area contributed by atoms with Crippen molar-refractivity contribution in [2.75, 3.05) is 56.4 Å². The Hall–Kier alpha value is -6.73. The first-order valence-electron chi connectivity index (χ1n) is 29.5. The van der Waals surface area contributed by atoms with Crippen molar-refractivity contribution in [3.05, 3.63) is 145 Å². The highest BCUT2D eigenvalue weighted by Crippen LogP contribution is 2.43. The Morgan fingerprint density at radius 3 is 2.52 bits per heavy atom. The van der Waals surface area contributed by atoms with Gasteiger partial charge in [0.25, 0.3) is 21.8 Å². The zero-order valence-electron chi connectivity index (χ0n) is 48.4. The zero-order valence-corrected chi connectivity index (χ0v) is 51.6. The van der Waals surface area contributed by atoms with Gasteiger partial charge in [-0.15, -0.1) is 0 Å². The number of aromatic nitrogens is 2. The number of anilines is 2. The van der Waals surface area contributed by atoms with Gasteiger partial charge in [0.1, 0.15) is 23.2 Å². The average Bonchev–Trinajstić information content (AvgIpc) is 1.81. The second-order valence-corrected chi connectivity index (χ2v) is 27.2. The molecule has 0 radical (unpaired) electrons. The largest absolute Gasteiger partial charge is 0.595 e. The van der Waals surface area contributed by atoms with Crippen LogP contribution in [0.15, 0.2) is 112 Å². The summed E-state index contributed by atoms with van der Waals surface area (Å²) in [5, 5.41) is 35.9. The molecule has 5 heterocycles. The number of H-pyrrole nitrogens is 1. The number of benzene rings is 4. The van der Waals surface area contributed by atoms with Crippen molar-refractivity contribution in [1.82, 2.24) is 40.0 Å². The monoisotopic (exact) mass is 1270 g/mol. The standard InChI is InChI=1S/C63H73BrClN11O9S/c1-38-35-74(25-24-73(38)36-40-26-50-52(53(64)27-40)37-75(62(50)80)55-16-17-58(77)71-61(55)79)46-11-4-39(5-12-46)32-69-54-15-13-48(30-56(54)76(81)82)86(83,84)72-60(78)49-14-10-45(29-57(49)85-47-28-42-19-21-68-59(42)70-34-47)67-23-22-66-33-43-18-20-63(2,3)31-51(43)41-6-8-44(65)9-7-41/h6-10,13-15,19,21,26-30,34,38-39,46,55,66-67,69,76,81H,4-5,11-12,16-18,20,22-25,31-33,35-37H2,1-3H3,(H,68,70)(H,72,78)(H,71,77,79)/t38-,39?,46?,55?/m0/s1. The van der Waals surface area contributed by atoms with E-state index in [-0.39, 0.29) is 63.2 Å². The zero-order chi connectivity index (χ0) is 60.4. The minimum Gasteiger partial charge on any atom is -0.595 e. The molecule has 23 heteroatoms. The van der Waals surface area contributed by atoms with Crippen molar-refractivity contribution in [2.45, 2.75) is 115 Å². The fourth-order valence-corrected chi connectivity index (χ4v) is 14.6. The summed E-state index contributed by atoms with van der Waals surface area (Å²) in [6, 6.07) is 24.2. The first kappa shape index (κ1) is 60.9. The summed E-state index contributed by atoms with van der Waals surface area (Å²) in [6.07, 6.45) is 10.7. The fourth-order valence-electron chi connectivity index (χ4n) is 12.8. The molecule has 4 aromatic carbocycles. The van der Waals surface area contributed by atoms with Crippen LogP contribution in [-0.4, -0.2) is 126 Å². The van der Waals surface area contributed by atoms with Crippen LogP contribution in [0.4, 0.5) is 17.1 Å². The number of carbonyl (C=O) groups excluding carboxylic acids is 4. The number of rotatable bonds is 20. The fraction of sp³-hybridized carbons (Fsp3) is 0.413. The summed E-state index contributed by atoms with van der Waals surface area (Å²) >= 11 is 9.93. The summed E-state index contributed by atoms with van der Waals surface area (Å²) in [5.74, 6) is -1.24. The number of halogens is 2. The third kappa shape index (κ3) is 14.0. The van der Waals surface area contributed by atoms with E-state index < -0.39 is 33.1 Å². The molecule has 0 spiro atoms. The SMILES string of the molecule is C[C@H]1CN(C2CCC(CNc3ccc(S(=O)(=O)NC(=O)c4ccc(NCCNCC5=C(c6ccc(Cl)cc6)CC(C)(C)CC5)cc4Oc4cnc5[nH]ccc5c4)cc3[NH+]([O-])O)CC2)CCN1Cc1cc(Br)c2c(c1)C(=O)N(C1CCC(=O)NC1=O)C2. The summed E-state index contributed by atoms with van der Waals surface area (Å²) in [7, 11) is -4.59. The van der Waals surface area contributed by atoms with Crippen LogP contribution in [0, 0.1) is 16.5 Å². The maximum atomic E-state index is 14.1. The van der Waals surface area contributed by atoms with Crippen LogP contribution >= 0.6 is 27.5 Å². The topological polar surface area (TPSA) is 258 Å². The summed E-state index contributed by atoms with van der Waals surface area (Å²) < 4.78 is 37.2. The lowest BCUT2D eigenvalue weighted by Gasteiger charge is -2.45. The van der Waals surface area contributed by atoms with Gasteiger partial charge in [-0.05, 0) is 153 Å². The summed E-state index contributed by atoms with van der Waals surface area (Å²) in [4.78, 5) is 65.7. The highest BCUT2D eigenvalue weighted by molar-refractivity contribution is 9.10. The normalized spacial score (nSPS) is 21.5. The van der Waals surface area contributed by atoms with Crippen molar-refractivity contribution >= 4 is 94.9 Å². The first-order chi connectivity index (χ1) is 41.2. The van der Waals surface area contributed by atoms with Crippen molar-refractivity contribution in [3.63, 3.8) is 0 Å². The Morgan fingerprint density at radius 2 is 1.76 bits per heavy atom. The van der Waals surface area contributed by atoms with Crippen LogP contribution in [-0.2, 0) is 32.7 Å². The Morgan fingerprint density at radius 1 is 0.953 bits per heavy atom. The van der Waals surface area contributed by atoms with Crippen LogP contribution < -0.4 is 36.0 Å². The summed E-state index contributed by atoms with van der Waals surface area (Å²) in [6.45, 7) is 12.9. The number of quaternary nitrogens is 1. The number of piperazine rings is 1. The maximum Gasteiger partial charge on any atom is 0.268 e. The number of pyridine rings is 1. The molecule has 454 valence electrons. The van der Waals surface area contributed by atoms with Crippen molar-refractivity contribution in [2.24, 2.45) is 11.3 Å². The number of imide groups is 1. The van der Waals surface area contributed by atoms with E-state index in [4.69, 9.17) is 16.3 Å². The van der Waals surface area contributed by atoms with Gasteiger partial charge in [-0.3, -0.25) is 34.3 Å². The van der Waals surface area contributed by atoms with Crippen LogP contribution in [0.1, 0.15) is 116 Å². The average molecular weight is 1280 g/mol. The molecule has 0 bridgehead atoms. The number of nitrogens with one attached hydrogen (secondary N) is 7. The Bertz CT molecular complexity index is 3700. The molecule has 2 saturated heterocycles. The number of sulfonamides is 1. The molecule has 3 atom stereocenters. The number of piperidine rings is 1. The number of aromatic amines is 1. The third-order valence-corrected chi connectivity index (χ3v) is 20.0. The molecule has 8 N–H and O–H groups in total.